The molecule has 1 heterocycles. The van der Waals surface area contributed by atoms with Gasteiger partial charge in [-0.1, -0.05) is 128 Å². The number of nitrogen functional groups attached to an aromatic ring is 2. The minimum Gasteiger partial charge on any atom is -0.386 e. The van der Waals surface area contributed by atoms with Crippen LogP contribution < -0.4 is 11.5 Å². The summed E-state index contributed by atoms with van der Waals surface area (Å²) in [6, 6.07) is 6.62. The number of ether oxygens (including phenoxy) is 1. The minimum absolute atomic E-state index is 0.109. The second-order valence-electron chi connectivity index (χ2n) is 12.7. The van der Waals surface area contributed by atoms with Crippen LogP contribution in [0, 0.1) is 0 Å². The van der Waals surface area contributed by atoms with Gasteiger partial charge in [-0.05, 0) is 31.4 Å². The summed E-state index contributed by atoms with van der Waals surface area (Å²) in [4.78, 5) is 38.8. The molecule has 0 saturated heterocycles. The third-order valence-corrected chi connectivity index (χ3v) is 8.74. The largest absolute Gasteiger partial charge is 0.386 e. The predicted octanol–water partition coefficient (Wildman–Crippen LogP) is 6.33. The normalized spacial score (nSPS) is 14.2. The van der Waals surface area contributed by atoms with Crippen LogP contribution in [0.5, 0.6) is 0 Å². The average Bonchev–Trinajstić information content (AvgIpc) is 3.06. The van der Waals surface area contributed by atoms with Crippen molar-refractivity contribution in [2.75, 3.05) is 11.5 Å². The molecule has 7 N–H and O–H groups in total. The molecule has 3 atom stereocenters. The summed E-state index contributed by atoms with van der Waals surface area (Å²) in [6.45, 7) is 13.2. The number of aliphatic hydroxyl groups excluding tert-OH is 1. The van der Waals surface area contributed by atoms with Crippen LogP contribution in [0.15, 0.2) is 49.1 Å². The number of carbonyl (C=O) groups is 2. The first-order valence-corrected chi connectivity index (χ1v) is 17.4. The van der Waals surface area contributed by atoms with Gasteiger partial charge in [0.15, 0.2) is 11.6 Å². The highest BCUT2D eigenvalue weighted by Gasteiger charge is 2.47. The molecule has 0 aliphatic heterocycles. The van der Waals surface area contributed by atoms with Gasteiger partial charge in [-0.2, -0.15) is 15.0 Å². The van der Waals surface area contributed by atoms with Gasteiger partial charge in [-0.25, -0.2) is 0 Å². The molecule has 0 fully saturated rings. The Morgan fingerprint density at radius 3 is 1.90 bits per heavy atom. The van der Waals surface area contributed by atoms with Crippen molar-refractivity contribution in [1.82, 2.24) is 15.0 Å². The quantitative estimate of drug-likeness (QED) is 0.0451. The third kappa shape index (κ3) is 12.2. The van der Waals surface area contributed by atoms with E-state index in [2.05, 4.69) is 42.0 Å². The van der Waals surface area contributed by atoms with Crippen LogP contribution >= 0.6 is 0 Å². The fourth-order valence-electron chi connectivity index (χ4n) is 5.87. The second kappa shape index (κ2) is 20.1. The van der Waals surface area contributed by atoms with Crippen molar-refractivity contribution >= 4 is 23.5 Å². The highest BCUT2D eigenvalue weighted by Crippen LogP contribution is 2.36. The molecule has 0 bridgehead atoms. The lowest BCUT2D eigenvalue weighted by Gasteiger charge is -2.36. The van der Waals surface area contributed by atoms with Crippen molar-refractivity contribution in [2.24, 2.45) is 0 Å². The first kappa shape index (κ1) is 40.7. The molecule has 0 aliphatic carbocycles. The smallest absolute Gasteiger partial charge is 0.238 e. The zero-order chi connectivity index (χ0) is 35.7. The maximum absolute atomic E-state index is 14.1. The molecular weight excluding hydrogens is 610 g/mol. The number of anilines is 2. The van der Waals surface area contributed by atoms with Crippen LogP contribution in [0.25, 0.3) is 11.4 Å². The van der Waals surface area contributed by atoms with E-state index in [0.29, 0.717) is 24.0 Å². The third-order valence-electron chi connectivity index (χ3n) is 8.74. The summed E-state index contributed by atoms with van der Waals surface area (Å²) >= 11 is 0. The number of hydrogen-bond donors (Lipinski definition) is 5. The number of ketones is 2. The summed E-state index contributed by atoms with van der Waals surface area (Å²) in [6.07, 6.45) is 9.96. The first-order valence-electron chi connectivity index (χ1n) is 17.4. The lowest BCUT2D eigenvalue weighted by Crippen LogP contribution is -2.51. The standard InChI is InChI=1S/C37H57N5O6/c1-6-9-11-13-15-19-23-36(46,24-20-16-14-12-10-7-2)26(4)32(45)37(47,25-28(43)8-3)48-27(5)31(44)29-21-17-18-22-30(29)33-40-34(38)42-35(39)41-33/h8,17-18,21-22,27,31,44,46-47H,3-4,6-7,9-16,19-20,23-25H2,1-2,5H3,(H4,38,39,40,41,42). The number of rotatable bonds is 25. The Morgan fingerprint density at radius 2 is 1.38 bits per heavy atom. The molecule has 266 valence electrons. The summed E-state index contributed by atoms with van der Waals surface area (Å²) < 4.78 is 5.90. The maximum atomic E-state index is 14.1. The van der Waals surface area contributed by atoms with E-state index in [4.69, 9.17) is 16.2 Å². The van der Waals surface area contributed by atoms with E-state index in [0.717, 1.165) is 70.3 Å². The highest BCUT2D eigenvalue weighted by molar-refractivity contribution is 6.05. The van der Waals surface area contributed by atoms with Crippen LogP contribution in [-0.2, 0) is 14.3 Å². The van der Waals surface area contributed by atoms with Gasteiger partial charge in [0.2, 0.25) is 23.5 Å². The number of benzene rings is 1. The average molecular weight is 668 g/mol. The molecule has 0 saturated carbocycles. The molecular formula is C37H57N5O6. The molecule has 1 aromatic carbocycles. The molecule has 0 radical (unpaired) electrons. The molecule has 0 amide bonds. The lowest BCUT2D eigenvalue weighted by molar-refractivity contribution is -0.233. The Morgan fingerprint density at radius 1 is 0.875 bits per heavy atom. The van der Waals surface area contributed by atoms with Gasteiger partial charge in [-0.15, -0.1) is 0 Å². The van der Waals surface area contributed by atoms with Gasteiger partial charge in [0.1, 0.15) is 6.10 Å². The topological polar surface area (TPSA) is 195 Å². The van der Waals surface area contributed by atoms with E-state index in [1.807, 2.05) is 0 Å². The summed E-state index contributed by atoms with van der Waals surface area (Å²) in [5.74, 6) is -4.52. The fraction of sp³-hybridized carbons (Fsp3) is 0.595. The predicted molar refractivity (Wildman–Crippen MR) is 189 cm³/mol. The van der Waals surface area contributed by atoms with E-state index in [1.54, 1.807) is 24.3 Å². The zero-order valence-electron chi connectivity index (χ0n) is 29.1. The summed E-state index contributed by atoms with van der Waals surface area (Å²) in [7, 11) is 0. The number of hydrogen-bond acceptors (Lipinski definition) is 11. The van der Waals surface area contributed by atoms with Crippen molar-refractivity contribution < 1.29 is 29.6 Å². The van der Waals surface area contributed by atoms with Crippen molar-refractivity contribution in [3.8, 4) is 11.4 Å². The molecule has 1 aromatic heterocycles. The summed E-state index contributed by atoms with van der Waals surface area (Å²) in [5, 5.41) is 35.2. The van der Waals surface area contributed by atoms with Gasteiger partial charge in [0, 0.05) is 11.1 Å². The van der Waals surface area contributed by atoms with Crippen LogP contribution in [0.3, 0.4) is 0 Å². The number of aliphatic hydroxyl groups is 3. The molecule has 0 spiro atoms. The number of nitrogens with two attached hydrogens (primary N) is 2. The van der Waals surface area contributed by atoms with Crippen LogP contribution in [0.4, 0.5) is 11.9 Å². The maximum Gasteiger partial charge on any atom is 0.238 e. The molecule has 11 nitrogen and oxygen atoms in total. The number of nitrogens with zero attached hydrogens (tertiary/aromatic N) is 3. The molecule has 11 heteroatoms. The SMILES string of the molecule is C=CC(=O)CC(O)(OC(C)C(O)c1ccccc1-c1nc(N)nc(N)n1)C(=O)C(=C)C(O)(CCCCCCCC)CCCCCCCC. The fourth-order valence-corrected chi connectivity index (χ4v) is 5.87. The number of unbranched alkanes of at least 4 members (excludes halogenated alkanes) is 10. The number of Topliss-reactive ketones (excluding diaryl/α,β-unsaturated/α-hetero) is 1. The minimum atomic E-state index is -2.74. The Kier molecular flexibility index (Phi) is 17.0. The number of carbonyl (C=O) groups excluding carboxylic acids is 2. The Hall–Kier alpha value is -3.51. The number of allylic oxidation sites excluding steroid dienone is 1. The monoisotopic (exact) mass is 667 g/mol. The Labute approximate surface area is 285 Å². The van der Waals surface area contributed by atoms with Crippen LogP contribution in [-0.4, -0.2) is 59.3 Å². The van der Waals surface area contributed by atoms with E-state index in [-0.39, 0.29) is 36.1 Å². The second-order valence-corrected chi connectivity index (χ2v) is 12.7. The lowest BCUT2D eigenvalue weighted by atomic mass is 9.79. The van der Waals surface area contributed by atoms with E-state index in [9.17, 15) is 24.9 Å². The van der Waals surface area contributed by atoms with Gasteiger partial charge in [-0.3, -0.25) is 9.59 Å². The highest BCUT2D eigenvalue weighted by atomic mass is 16.6. The van der Waals surface area contributed by atoms with E-state index in [1.165, 1.54) is 6.92 Å². The van der Waals surface area contributed by atoms with Crippen molar-refractivity contribution in [1.29, 1.82) is 0 Å². The molecule has 48 heavy (non-hydrogen) atoms. The molecule has 2 aromatic rings. The van der Waals surface area contributed by atoms with Crippen LogP contribution in [0.1, 0.15) is 129 Å². The van der Waals surface area contributed by atoms with Crippen molar-refractivity contribution in [2.45, 2.75) is 141 Å². The molecule has 0 aliphatic rings. The number of aromatic nitrogens is 3. The summed E-state index contributed by atoms with van der Waals surface area (Å²) in [5.41, 5.74) is 10.4. The van der Waals surface area contributed by atoms with Gasteiger partial charge >= 0.3 is 0 Å². The van der Waals surface area contributed by atoms with E-state index < -0.39 is 41.6 Å². The zero-order valence-corrected chi connectivity index (χ0v) is 29.1. The van der Waals surface area contributed by atoms with Crippen molar-refractivity contribution in [3.05, 3.63) is 54.6 Å². The first-order chi connectivity index (χ1) is 22.8. The molecule has 2 rings (SSSR count). The van der Waals surface area contributed by atoms with Gasteiger partial charge < -0.3 is 31.5 Å². The van der Waals surface area contributed by atoms with Gasteiger partial charge in [0.25, 0.3) is 0 Å². The van der Waals surface area contributed by atoms with Crippen molar-refractivity contribution in [3.63, 3.8) is 0 Å². The van der Waals surface area contributed by atoms with Gasteiger partial charge in [0.05, 0.1) is 18.1 Å². The Bertz CT molecular complexity index is 1320. The Balaban J connectivity index is 2.36. The van der Waals surface area contributed by atoms with E-state index >= 15 is 0 Å². The van der Waals surface area contributed by atoms with Crippen LogP contribution in [0.2, 0.25) is 0 Å². The molecule has 3 unspecified atom stereocenters.